The van der Waals surface area contributed by atoms with Crippen molar-refractivity contribution in [1.82, 2.24) is 14.0 Å². The van der Waals surface area contributed by atoms with Gasteiger partial charge in [-0.3, -0.25) is 4.98 Å². The van der Waals surface area contributed by atoms with Crippen molar-refractivity contribution in [2.75, 3.05) is 19.6 Å². The van der Waals surface area contributed by atoms with Crippen molar-refractivity contribution in [2.24, 2.45) is 0 Å². The molecule has 1 fully saturated rings. The van der Waals surface area contributed by atoms with E-state index in [0.29, 0.717) is 26.1 Å². The van der Waals surface area contributed by atoms with Gasteiger partial charge in [-0.25, -0.2) is 4.72 Å². The maximum atomic E-state index is 12.2. The minimum absolute atomic E-state index is 0.0777. The third-order valence-electron chi connectivity index (χ3n) is 3.12. The monoisotopic (exact) mass is 299 g/mol. The SMILES string of the molecule is C[C@@H]1CN(S(=O)(=O)NCCc2ccccn2)C[C@H](C)O1. The van der Waals surface area contributed by atoms with Crippen LogP contribution in [0.4, 0.5) is 0 Å². The molecule has 2 rings (SSSR count). The lowest BCUT2D eigenvalue weighted by Crippen LogP contribution is -2.52. The summed E-state index contributed by atoms with van der Waals surface area (Å²) in [5.41, 5.74) is 0.874. The van der Waals surface area contributed by atoms with Gasteiger partial charge in [-0.15, -0.1) is 0 Å². The molecule has 1 aromatic rings. The Hall–Kier alpha value is -1.02. The zero-order valence-corrected chi connectivity index (χ0v) is 12.6. The van der Waals surface area contributed by atoms with Gasteiger partial charge in [-0.05, 0) is 26.0 Å². The highest BCUT2D eigenvalue weighted by molar-refractivity contribution is 7.87. The van der Waals surface area contributed by atoms with Crippen LogP contribution in [0.15, 0.2) is 24.4 Å². The quantitative estimate of drug-likeness (QED) is 0.863. The van der Waals surface area contributed by atoms with E-state index in [-0.39, 0.29) is 12.2 Å². The molecule has 7 heteroatoms. The number of nitrogens with one attached hydrogen (secondary N) is 1. The third kappa shape index (κ3) is 4.24. The van der Waals surface area contributed by atoms with E-state index in [2.05, 4.69) is 9.71 Å². The number of hydrogen-bond donors (Lipinski definition) is 1. The predicted octanol–water partition coefficient (Wildman–Crippen LogP) is 0.568. The number of pyridine rings is 1. The minimum atomic E-state index is -3.44. The largest absolute Gasteiger partial charge is 0.373 e. The standard InChI is InChI=1S/C13H21N3O3S/c1-11-9-16(10-12(2)19-11)20(17,18)15-8-6-13-5-3-4-7-14-13/h3-5,7,11-12,15H,6,8-10H2,1-2H3/t11-,12+. The fraction of sp³-hybridized carbons (Fsp3) is 0.615. The van der Waals surface area contributed by atoms with Gasteiger partial charge in [0, 0.05) is 37.9 Å². The van der Waals surface area contributed by atoms with Gasteiger partial charge < -0.3 is 4.74 Å². The van der Waals surface area contributed by atoms with Crippen molar-refractivity contribution in [3.63, 3.8) is 0 Å². The van der Waals surface area contributed by atoms with Gasteiger partial charge in [-0.1, -0.05) is 6.07 Å². The van der Waals surface area contributed by atoms with E-state index >= 15 is 0 Å². The maximum Gasteiger partial charge on any atom is 0.279 e. The molecule has 0 aromatic carbocycles. The van der Waals surface area contributed by atoms with Gasteiger partial charge in [0.15, 0.2) is 0 Å². The Balaban J connectivity index is 1.87. The van der Waals surface area contributed by atoms with Crippen molar-refractivity contribution in [1.29, 1.82) is 0 Å². The van der Waals surface area contributed by atoms with E-state index in [1.807, 2.05) is 32.0 Å². The van der Waals surface area contributed by atoms with Crippen LogP contribution in [0.5, 0.6) is 0 Å². The number of nitrogens with zero attached hydrogens (tertiary/aromatic N) is 2. The average molecular weight is 299 g/mol. The summed E-state index contributed by atoms with van der Waals surface area (Å²) in [4.78, 5) is 4.17. The predicted molar refractivity (Wildman–Crippen MR) is 76.4 cm³/mol. The van der Waals surface area contributed by atoms with E-state index in [9.17, 15) is 8.42 Å². The molecule has 0 spiro atoms. The van der Waals surface area contributed by atoms with E-state index in [0.717, 1.165) is 5.69 Å². The van der Waals surface area contributed by atoms with Gasteiger partial charge in [0.05, 0.1) is 12.2 Å². The molecule has 0 aliphatic carbocycles. The van der Waals surface area contributed by atoms with Crippen LogP contribution >= 0.6 is 0 Å². The molecule has 1 saturated heterocycles. The number of aromatic nitrogens is 1. The Labute approximate surface area is 120 Å². The summed E-state index contributed by atoms with van der Waals surface area (Å²) in [6.45, 7) is 4.89. The summed E-state index contributed by atoms with van der Waals surface area (Å²) in [5.74, 6) is 0. The lowest BCUT2D eigenvalue weighted by molar-refractivity contribution is -0.0443. The van der Waals surface area contributed by atoms with Crippen LogP contribution in [0.3, 0.4) is 0 Å². The highest BCUT2D eigenvalue weighted by Crippen LogP contribution is 2.13. The normalized spacial score (nSPS) is 24.7. The molecule has 112 valence electrons. The second-order valence-electron chi connectivity index (χ2n) is 5.04. The lowest BCUT2D eigenvalue weighted by Gasteiger charge is -2.34. The molecule has 1 aliphatic heterocycles. The van der Waals surface area contributed by atoms with Gasteiger partial charge in [-0.2, -0.15) is 12.7 Å². The first kappa shape index (κ1) is 15.4. The molecule has 20 heavy (non-hydrogen) atoms. The molecule has 0 amide bonds. The van der Waals surface area contributed by atoms with E-state index < -0.39 is 10.2 Å². The van der Waals surface area contributed by atoms with Crippen LogP contribution in [-0.4, -0.2) is 49.5 Å². The Bertz CT molecular complexity index is 511. The van der Waals surface area contributed by atoms with Gasteiger partial charge in [0.2, 0.25) is 0 Å². The van der Waals surface area contributed by atoms with Gasteiger partial charge in [0.25, 0.3) is 10.2 Å². The molecule has 1 aliphatic rings. The number of hydrogen-bond acceptors (Lipinski definition) is 4. The second kappa shape index (κ2) is 6.62. The average Bonchev–Trinajstić information content (AvgIpc) is 2.38. The summed E-state index contributed by atoms with van der Waals surface area (Å²) in [6.07, 6.45) is 2.13. The molecule has 2 atom stereocenters. The van der Waals surface area contributed by atoms with Gasteiger partial charge in [0.1, 0.15) is 0 Å². The highest BCUT2D eigenvalue weighted by Gasteiger charge is 2.30. The molecule has 6 nitrogen and oxygen atoms in total. The van der Waals surface area contributed by atoms with Crippen molar-refractivity contribution in [3.05, 3.63) is 30.1 Å². The second-order valence-corrected chi connectivity index (χ2v) is 6.80. The maximum absolute atomic E-state index is 12.2. The summed E-state index contributed by atoms with van der Waals surface area (Å²) in [6, 6.07) is 5.61. The van der Waals surface area contributed by atoms with Gasteiger partial charge >= 0.3 is 0 Å². The summed E-state index contributed by atoms with van der Waals surface area (Å²) in [5, 5.41) is 0. The fourth-order valence-electron chi connectivity index (χ4n) is 2.27. The van der Waals surface area contributed by atoms with E-state index in [1.54, 1.807) is 6.20 Å². The third-order valence-corrected chi connectivity index (χ3v) is 4.66. The lowest BCUT2D eigenvalue weighted by atomic mass is 10.3. The molecule has 0 saturated carbocycles. The van der Waals surface area contributed by atoms with E-state index in [1.165, 1.54) is 4.31 Å². The summed E-state index contributed by atoms with van der Waals surface area (Å²) >= 11 is 0. The first-order valence-corrected chi connectivity index (χ1v) is 8.21. The van der Waals surface area contributed by atoms with E-state index in [4.69, 9.17) is 4.74 Å². The summed E-state index contributed by atoms with van der Waals surface area (Å²) < 4.78 is 34.0. The first-order valence-electron chi connectivity index (χ1n) is 6.77. The molecule has 1 N–H and O–H groups in total. The Morgan fingerprint density at radius 2 is 2.05 bits per heavy atom. The minimum Gasteiger partial charge on any atom is -0.373 e. The molecule has 0 radical (unpaired) electrons. The zero-order valence-electron chi connectivity index (χ0n) is 11.8. The van der Waals surface area contributed by atoms with Crippen LogP contribution in [0.25, 0.3) is 0 Å². The van der Waals surface area contributed by atoms with Crippen LogP contribution in [0.2, 0.25) is 0 Å². The van der Waals surface area contributed by atoms with Crippen molar-refractivity contribution in [3.8, 4) is 0 Å². The van der Waals surface area contributed by atoms with Crippen molar-refractivity contribution >= 4 is 10.2 Å². The Morgan fingerprint density at radius 3 is 2.65 bits per heavy atom. The molecule has 0 unspecified atom stereocenters. The summed E-state index contributed by atoms with van der Waals surface area (Å²) in [7, 11) is -3.44. The first-order chi connectivity index (χ1) is 9.47. The molecule has 1 aromatic heterocycles. The zero-order chi connectivity index (χ0) is 14.6. The van der Waals surface area contributed by atoms with Crippen LogP contribution in [0, 0.1) is 0 Å². The highest BCUT2D eigenvalue weighted by atomic mass is 32.2. The number of rotatable bonds is 5. The van der Waals surface area contributed by atoms with Crippen LogP contribution in [-0.2, 0) is 21.4 Å². The molecule has 2 heterocycles. The fourth-order valence-corrected chi connectivity index (χ4v) is 3.63. The van der Waals surface area contributed by atoms with Crippen LogP contribution < -0.4 is 4.72 Å². The Morgan fingerprint density at radius 1 is 1.35 bits per heavy atom. The molecular weight excluding hydrogens is 278 g/mol. The molecule has 0 bridgehead atoms. The van der Waals surface area contributed by atoms with Crippen molar-refractivity contribution in [2.45, 2.75) is 32.5 Å². The molecular formula is C13H21N3O3S. The number of morpholine rings is 1. The van der Waals surface area contributed by atoms with Crippen molar-refractivity contribution < 1.29 is 13.2 Å². The number of ether oxygens (including phenoxy) is 1. The topological polar surface area (TPSA) is 71.5 Å². The smallest absolute Gasteiger partial charge is 0.279 e. The van der Waals surface area contributed by atoms with Crippen LogP contribution in [0.1, 0.15) is 19.5 Å². The Kier molecular flexibility index (Phi) is 5.09.